The third-order valence-corrected chi connectivity index (χ3v) is 11.5. The number of aromatic nitrogens is 4. The van der Waals surface area contributed by atoms with E-state index in [9.17, 15) is 19.2 Å². The molecular weight excluding hydrogens is 757 g/mol. The summed E-state index contributed by atoms with van der Waals surface area (Å²) in [5, 5.41) is 7.34. The number of aromatic amines is 2. The van der Waals surface area contributed by atoms with Gasteiger partial charge in [0.1, 0.15) is 12.1 Å². The minimum absolute atomic E-state index is 0.342. The maximum atomic E-state index is 12.3. The molecule has 6 amide bonds. The summed E-state index contributed by atoms with van der Waals surface area (Å²) in [5.74, 6) is 0.127. The molecule has 2 saturated heterocycles. The molecule has 312 valence electrons. The van der Waals surface area contributed by atoms with Gasteiger partial charge in [0.05, 0.1) is 22.1 Å². The molecule has 2 aromatic carbocycles. The number of nitrogens with zero attached hydrogens (tertiary/aromatic N) is 4. The van der Waals surface area contributed by atoms with Gasteiger partial charge in [-0.25, -0.2) is 20.4 Å². The molecule has 0 aliphatic carbocycles. The Labute approximate surface area is 349 Å². The number of rotatable bonds is 8. The first kappa shape index (κ1) is 41.8. The minimum Gasteiger partial charge on any atom is -0.360 e. The lowest BCUT2D eigenvalue weighted by Crippen LogP contribution is -2.58. The number of amides is 6. The van der Waals surface area contributed by atoms with Crippen LogP contribution in [-0.2, 0) is 22.4 Å². The molecule has 2 atom stereocenters. The zero-order chi connectivity index (χ0) is 43.2. The molecule has 6 N–H and O–H groups in total. The van der Waals surface area contributed by atoms with Crippen molar-refractivity contribution < 1.29 is 19.2 Å². The number of imide groups is 2. The van der Waals surface area contributed by atoms with Gasteiger partial charge in [-0.05, 0) is 119 Å². The SMILES string of the molecule is Cc1cc(C2NN(C)C(=O)NC2=O)cc(C)c1Cc1ccc2[nH]cc(C(C)C)c2n1.Cc1cc(C2NN(C)C(=O)NC2=O)cc(C)c1Cc1ccc2[nH]cc(C(C)C)c2n1. The second-order valence-electron chi connectivity index (χ2n) is 16.6. The number of H-pyrrole nitrogens is 2. The molecule has 2 aliphatic rings. The van der Waals surface area contributed by atoms with E-state index in [0.29, 0.717) is 11.8 Å². The number of carbonyl (C=O) groups is 4. The lowest BCUT2D eigenvalue weighted by atomic mass is 9.92. The van der Waals surface area contributed by atoms with Gasteiger partial charge in [-0.15, -0.1) is 0 Å². The highest BCUT2D eigenvalue weighted by molar-refractivity contribution is 6.00. The van der Waals surface area contributed by atoms with E-state index in [0.717, 1.165) is 79.7 Å². The van der Waals surface area contributed by atoms with Crippen molar-refractivity contribution in [2.45, 2.75) is 92.2 Å². The number of aryl methyl sites for hydroxylation is 4. The number of hydrogen-bond donors (Lipinski definition) is 6. The minimum atomic E-state index is -0.595. The predicted octanol–water partition coefficient (Wildman–Crippen LogP) is 7.24. The van der Waals surface area contributed by atoms with E-state index in [-0.39, 0.29) is 11.8 Å². The van der Waals surface area contributed by atoms with Gasteiger partial charge in [0.15, 0.2) is 0 Å². The molecule has 14 nitrogen and oxygen atoms in total. The normalized spacial score (nSPS) is 17.1. The quantitative estimate of drug-likeness (QED) is 0.0931. The van der Waals surface area contributed by atoms with Crippen LogP contribution >= 0.6 is 0 Å². The van der Waals surface area contributed by atoms with Crippen molar-refractivity contribution in [3.05, 3.63) is 128 Å². The van der Waals surface area contributed by atoms with Crippen molar-refractivity contribution in [2.75, 3.05) is 14.1 Å². The number of nitrogens with one attached hydrogen (secondary N) is 6. The fourth-order valence-corrected chi connectivity index (χ4v) is 8.10. The van der Waals surface area contributed by atoms with Crippen LogP contribution in [0.1, 0.15) is 119 Å². The predicted molar refractivity (Wildman–Crippen MR) is 232 cm³/mol. The van der Waals surface area contributed by atoms with E-state index in [2.05, 4.69) is 111 Å². The van der Waals surface area contributed by atoms with Gasteiger partial charge >= 0.3 is 12.1 Å². The van der Waals surface area contributed by atoms with Gasteiger partial charge in [-0.1, -0.05) is 52.0 Å². The van der Waals surface area contributed by atoms with Gasteiger partial charge in [-0.2, -0.15) is 0 Å². The molecule has 6 heterocycles. The second-order valence-corrected chi connectivity index (χ2v) is 16.6. The molecular formula is C46H54N10O4. The van der Waals surface area contributed by atoms with Crippen LogP contribution in [0, 0.1) is 27.7 Å². The van der Waals surface area contributed by atoms with Crippen molar-refractivity contribution in [2.24, 2.45) is 0 Å². The van der Waals surface area contributed by atoms with Crippen molar-refractivity contribution >= 4 is 45.9 Å². The maximum Gasteiger partial charge on any atom is 0.338 e. The highest BCUT2D eigenvalue weighted by Gasteiger charge is 2.33. The molecule has 14 heteroatoms. The van der Waals surface area contributed by atoms with Gasteiger partial charge in [0.2, 0.25) is 0 Å². The van der Waals surface area contributed by atoms with Crippen LogP contribution in [0.4, 0.5) is 9.59 Å². The number of fused-ring (bicyclic) bond motifs is 2. The Morgan fingerprint density at radius 3 is 1.25 bits per heavy atom. The summed E-state index contributed by atoms with van der Waals surface area (Å²) in [7, 11) is 3.19. The molecule has 4 aromatic heterocycles. The van der Waals surface area contributed by atoms with Crippen LogP contribution in [0.2, 0.25) is 0 Å². The standard InChI is InChI=1S/2C23H27N5O2/c2*1-12(2)18-11-24-19-7-6-16(25-21(18)19)10-17-13(3)8-15(9-14(17)4)20-22(29)26-23(30)28(5)27-20/h2*6-9,11-12,20,24,27H,10H2,1-5H3,(H,26,29,30). The number of pyridine rings is 2. The monoisotopic (exact) mass is 810 g/mol. The fraction of sp³-hybridized carbons (Fsp3) is 0.348. The van der Waals surface area contributed by atoms with E-state index < -0.39 is 24.1 Å². The summed E-state index contributed by atoms with van der Waals surface area (Å²) in [5.41, 5.74) is 23.0. The smallest absolute Gasteiger partial charge is 0.338 e. The molecule has 2 aliphatic heterocycles. The van der Waals surface area contributed by atoms with Gasteiger partial charge < -0.3 is 9.97 Å². The van der Waals surface area contributed by atoms with Crippen LogP contribution in [-0.4, -0.2) is 67.9 Å². The Kier molecular flexibility index (Phi) is 11.6. The number of benzene rings is 2. The largest absolute Gasteiger partial charge is 0.360 e. The Bertz CT molecular complexity index is 2430. The Morgan fingerprint density at radius 2 is 0.917 bits per heavy atom. The van der Waals surface area contributed by atoms with Crippen LogP contribution in [0.3, 0.4) is 0 Å². The van der Waals surface area contributed by atoms with E-state index in [1.165, 1.54) is 32.3 Å². The lowest BCUT2D eigenvalue weighted by Gasteiger charge is -2.31. The third-order valence-electron chi connectivity index (χ3n) is 11.5. The molecule has 0 radical (unpaired) electrons. The average Bonchev–Trinajstić information content (AvgIpc) is 3.82. The highest BCUT2D eigenvalue weighted by Crippen LogP contribution is 2.30. The first-order valence-corrected chi connectivity index (χ1v) is 20.3. The molecule has 2 fully saturated rings. The zero-order valence-electron chi connectivity index (χ0n) is 35.9. The van der Waals surface area contributed by atoms with Crippen LogP contribution in [0.25, 0.3) is 22.1 Å². The number of carbonyl (C=O) groups excluding carboxylic acids is 4. The number of urea groups is 2. The first-order valence-electron chi connectivity index (χ1n) is 20.3. The van der Waals surface area contributed by atoms with Crippen LogP contribution in [0.15, 0.2) is 60.9 Å². The molecule has 2 unspecified atom stereocenters. The number of hydrazine groups is 2. The average molecular weight is 811 g/mol. The summed E-state index contributed by atoms with van der Waals surface area (Å²) in [4.78, 5) is 64.3. The topological polar surface area (TPSA) is 180 Å². The zero-order valence-corrected chi connectivity index (χ0v) is 35.9. The van der Waals surface area contributed by atoms with Crippen molar-refractivity contribution in [1.82, 2.24) is 51.4 Å². The summed E-state index contributed by atoms with van der Waals surface area (Å²) in [6, 6.07) is 14.3. The molecule has 0 spiro atoms. The molecule has 6 aromatic rings. The van der Waals surface area contributed by atoms with Gasteiger partial charge in [-0.3, -0.25) is 40.2 Å². The van der Waals surface area contributed by atoms with Crippen molar-refractivity contribution in [3.63, 3.8) is 0 Å². The molecule has 60 heavy (non-hydrogen) atoms. The summed E-state index contributed by atoms with van der Waals surface area (Å²) in [6.45, 7) is 16.9. The highest BCUT2D eigenvalue weighted by atomic mass is 16.2. The fourth-order valence-electron chi connectivity index (χ4n) is 8.10. The number of hydrogen-bond acceptors (Lipinski definition) is 8. The third kappa shape index (κ3) is 8.38. The van der Waals surface area contributed by atoms with E-state index in [1.807, 2.05) is 36.7 Å². The van der Waals surface area contributed by atoms with E-state index in [1.54, 1.807) is 14.1 Å². The summed E-state index contributed by atoms with van der Waals surface area (Å²) in [6.07, 6.45) is 5.53. The van der Waals surface area contributed by atoms with E-state index in [4.69, 9.17) is 9.97 Å². The molecule has 0 bridgehead atoms. The summed E-state index contributed by atoms with van der Waals surface area (Å²) >= 11 is 0. The Morgan fingerprint density at radius 1 is 0.567 bits per heavy atom. The van der Waals surface area contributed by atoms with Gasteiger partial charge in [0.25, 0.3) is 11.8 Å². The maximum absolute atomic E-state index is 12.3. The second kappa shape index (κ2) is 16.7. The van der Waals surface area contributed by atoms with Crippen molar-refractivity contribution in [1.29, 1.82) is 0 Å². The first-order chi connectivity index (χ1) is 28.5. The molecule has 8 rings (SSSR count). The van der Waals surface area contributed by atoms with Crippen LogP contribution < -0.4 is 21.5 Å². The molecule has 0 saturated carbocycles. The van der Waals surface area contributed by atoms with Crippen LogP contribution in [0.5, 0.6) is 0 Å². The van der Waals surface area contributed by atoms with Gasteiger partial charge in [0, 0.05) is 50.7 Å². The van der Waals surface area contributed by atoms with E-state index >= 15 is 0 Å². The Hall–Kier alpha value is -6.38. The summed E-state index contributed by atoms with van der Waals surface area (Å²) < 4.78 is 0. The lowest BCUT2D eigenvalue weighted by molar-refractivity contribution is -0.126. The van der Waals surface area contributed by atoms with Crippen molar-refractivity contribution in [3.8, 4) is 0 Å². The Balaban J connectivity index is 0.000000181.